The third-order valence-corrected chi connectivity index (χ3v) is 5.29. The van der Waals surface area contributed by atoms with Crippen LogP contribution in [0.5, 0.6) is 5.75 Å². The summed E-state index contributed by atoms with van der Waals surface area (Å²) in [7, 11) is 0. The van der Waals surface area contributed by atoms with E-state index in [1.807, 2.05) is 0 Å². The largest absolute Gasteiger partial charge is 0.473 e. The van der Waals surface area contributed by atoms with E-state index in [9.17, 15) is 14.4 Å². The number of carbonyl (C=O) groups is 3. The lowest BCUT2D eigenvalue weighted by Gasteiger charge is -2.40. The summed E-state index contributed by atoms with van der Waals surface area (Å²) >= 11 is 1.27. The summed E-state index contributed by atoms with van der Waals surface area (Å²) in [6, 6.07) is 6.87. The van der Waals surface area contributed by atoms with Gasteiger partial charge in [0.2, 0.25) is 0 Å². The second-order valence-electron chi connectivity index (χ2n) is 6.44. The number of hydrogen-bond acceptors (Lipinski definition) is 10. The molecule has 10 heteroatoms. The highest BCUT2D eigenvalue weighted by Gasteiger charge is 2.47. The number of esters is 3. The zero-order chi connectivity index (χ0) is 21.7. The molecule has 9 nitrogen and oxygen atoms in total. The highest BCUT2D eigenvalue weighted by molar-refractivity contribution is 7.99. The summed E-state index contributed by atoms with van der Waals surface area (Å²) < 4.78 is 27.6. The van der Waals surface area contributed by atoms with Crippen molar-refractivity contribution in [2.45, 2.75) is 44.5 Å². The fourth-order valence-corrected chi connectivity index (χ4v) is 4.23. The summed E-state index contributed by atoms with van der Waals surface area (Å²) in [5.74, 6) is -0.550. The summed E-state index contributed by atoms with van der Waals surface area (Å²) in [6.07, 6.45) is 0.287. The van der Waals surface area contributed by atoms with Gasteiger partial charge in [-0.3, -0.25) is 14.4 Å². The number of pyridine rings is 1. The molecular formula is C20H21NO8S. The molecule has 1 aliphatic heterocycles. The zero-order valence-corrected chi connectivity index (χ0v) is 17.4. The smallest absolute Gasteiger partial charge is 0.303 e. The highest BCUT2D eigenvalue weighted by Crippen LogP contribution is 2.36. The lowest BCUT2D eigenvalue weighted by Crippen LogP contribution is -2.55. The molecule has 2 aromatic heterocycles. The van der Waals surface area contributed by atoms with E-state index in [1.54, 1.807) is 30.5 Å². The summed E-state index contributed by atoms with van der Waals surface area (Å²) in [5.41, 5.74) is -0.279. The van der Waals surface area contributed by atoms with E-state index in [4.69, 9.17) is 23.4 Å². The topological polar surface area (TPSA) is 114 Å². The average molecular weight is 435 g/mol. The van der Waals surface area contributed by atoms with Crippen LogP contribution in [-0.2, 0) is 28.6 Å². The number of furan rings is 1. The van der Waals surface area contributed by atoms with Crippen molar-refractivity contribution in [3.63, 3.8) is 0 Å². The van der Waals surface area contributed by atoms with E-state index in [2.05, 4.69) is 4.98 Å². The Balaban J connectivity index is 1.91. The Morgan fingerprint density at radius 2 is 1.70 bits per heavy atom. The van der Waals surface area contributed by atoms with Gasteiger partial charge in [-0.15, -0.1) is 11.8 Å². The third-order valence-electron chi connectivity index (χ3n) is 4.07. The maximum Gasteiger partial charge on any atom is 0.303 e. The van der Waals surface area contributed by atoms with Crippen molar-refractivity contribution in [3.8, 4) is 17.2 Å². The number of nitrogens with zero attached hydrogens (tertiary/aromatic N) is 1. The van der Waals surface area contributed by atoms with Gasteiger partial charge in [0.25, 0.3) is 0 Å². The van der Waals surface area contributed by atoms with Crippen LogP contribution >= 0.6 is 11.8 Å². The molecule has 0 spiro atoms. The van der Waals surface area contributed by atoms with Crippen molar-refractivity contribution >= 4 is 29.7 Å². The number of hydrogen-bond donors (Lipinski definition) is 0. The standard InChI is InChI=1S/C20H21NO8S/c1-11(22)26-16-10-30-20(19(28-13(3)24)18(16)27-12(2)23)29-15-6-4-8-21-17(15)14-7-5-9-25-14/h4-9,16,18-20H,10H2,1-3H3/t16-,18+,19-,20+/m1/s1. The van der Waals surface area contributed by atoms with E-state index in [0.717, 1.165) is 0 Å². The Morgan fingerprint density at radius 3 is 2.33 bits per heavy atom. The van der Waals surface area contributed by atoms with Gasteiger partial charge in [-0.1, -0.05) is 0 Å². The Kier molecular flexibility index (Phi) is 6.99. The molecule has 0 bridgehead atoms. The van der Waals surface area contributed by atoms with Gasteiger partial charge in [0.05, 0.1) is 6.26 Å². The number of carbonyl (C=O) groups excluding carboxylic acids is 3. The summed E-state index contributed by atoms with van der Waals surface area (Å²) in [6.45, 7) is 3.72. The summed E-state index contributed by atoms with van der Waals surface area (Å²) in [5, 5.41) is 0. The molecule has 0 aromatic carbocycles. The van der Waals surface area contributed by atoms with Crippen LogP contribution in [0.25, 0.3) is 11.5 Å². The van der Waals surface area contributed by atoms with Crippen molar-refractivity contribution in [1.82, 2.24) is 4.98 Å². The fraction of sp³-hybridized carbons (Fsp3) is 0.400. The van der Waals surface area contributed by atoms with Gasteiger partial charge in [-0.25, -0.2) is 4.98 Å². The van der Waals surface area contributed by atoms with Crippen molar-refractivity contribution in [3.05, 3.63) is 36.7 Å². The minimum Gasteiger partial charge on any atom is -0.473 e. The SMILES string of the molecule is CC(=O)O[C@@H]1[C@@H](OC(C)=O)[C@@H](Oc2cccnc2-c2ccco2)SC[C@H]1OC(C)=O. The molecule has 0 saturated carbocycles. The first-order chi connectivity index (χ1) is 14.3. The predicted molar refractivity (Wildman–Crippen MR) is 105 cm³/mol. The zero-order valence-electron chi connectivity index (χ0n) is 16.6. The Morgan fingerprint density at radius 1 is 1.00 bits per heavy atom. The predicted octanol–water partition coefficient (Wildman–Crippen LogP) is 2.59. The maximum atomic E-state index is 11.8. The first-order valence-corrected chi connectivity index (χ1v) is 10.2. The van der Waals surface area contributed by atoms with Gasteiger partial charge in [0, 0.05) is 32.7 Å². The van der Waals surface area contributed by atoms with Gasteiger partial charge in [-0.05, 0) is 24.3 Å². The van der Waals surface area contributed by atoms with Gasteiger partial charge in [0.15, 0.2) is 35.3 Å². The molecule has 1 saturated heterocycles. The van der Waals surface area contributed by atoms with Crippen molar-refractivity contribution in [1.29, 1.82) is 0 Å². The minimum atomic E-state index is -1.02. The van der Waals surface area contributed by atoms with Crippen LogP contribution in [0.3, 0.4) is 0 Å². The van der Waals surface area contributed by atoms with Gasteiger partial charge in [-0.2, -0.15) is 0 Å². The molecule has 0 aliphatic carbocycles. The van der Waals surface area contributed by atoms with Crippen LogP contribution in [0.4, 0.5) is 0 Å². The maximum absolute atomic E-state index is 11.8. The third kappa shape index (κ3) is 5.32. The molecule has 30 heavy (non-hydrogen) atoms. The summed E-state index contributed by atoms with van der Waals surface area (Å²) in [4.78, 5) is 39.2. The molecule has 3 rings (SSSR count). The number of ether oxygens (including phenoxy) is 4. The molecule has 160 valence electrons. The van der Waals surface area contributed by atoms with E-state index >= 15 is 0 Å². The normalized spacial score (nSPS) is 23.3. The van der Waals surface area contributed by atoms with E-state index in [0.29, 0.717) is 17.2 Å². The van der Waals surface area contributed by atoms with Crippen LogP contribution in [0, 0.1) is 0 Å². The molecule has 1 fully saturated rings. The molecule has 3 heterocycles. The lowest BCUT2D eigenvalue weighted by molar-refractivity contribution is -0.186. The molecule has 4 atom stereocenters. The number of thioether (sulfide) groups is 1. The van der Waals surface area contributed by atoms with E-state index < -0.39 is 41.7 Å². The molecule has 0 radical (unpaired) electrons. The van der Waals surface area contributed by atoms with Crippen LogP contribution in [-0.4, -0.2) is 52.4 Å². The number of rotatable bonds is 6. The lowest BCUT2D eigenvalue weighted by atomic mass is 10.1. The van der Waals surface area contributed by atoms with E-state index in [1.165, 1.54) is 38.8 Å². The molecule has 0 unspecified atom stereocenters. The Bertz CT molecular complexity index is 900. The highest BCUT2D eigenvalue weighted by atomic mass is 32.2. The van der Waals surface area contributed by atoms with Crippen LogP contribution in [0.15, 0.2) is 41.1 Å². The van der Waals surface area contributed by atoms with Crippen LogP contribution in [0.1, 0.15) is 20.8 Å². The first-order valence-electron chi connectivity index (χ1n) is 9.14. The molecular weight excluding hydrogens is 414 g/mol. The van der Waals surface area contributed by atoms with Gasteiger partial charge in [0.1, 0.15) is 5.69 Å². The van der Waals surface area contributed by atoms with Crippen molar-refractivity contribution in [2.24, 2.45) is 0 Å². The minimum absolute atomic E-state index is 0.274. The molecule has 2 aromatic rings. The molecule has 0 N–H and O–H groups in total. The van der Waals surface area contributed by atoms with Crippen LogP contribution in [0.2, 0.25) is 0 Å². The molecule has 0 amide bonds. The number of aromatic nitrogens is 1. The molecule has 1 aliphatic rings. The van der Waals surface area contributed by atoms with Crippen LogP contribution < -0.4 is 4.74 Å². The van der Waals surface area contributed by atoms with E-state index in [-0.39, 0.29) is 5.75 Å². The van der Waals surface area contributed by atoms with Crippen molar-refractivity contribution in [2.75, 3.05) is 5.75 Å². The quantitative estimate of drug-likeness (QED) is 0.495. The first kappa shape index (κ1) is 21.7. The van der Waals surface area contributed by atoms with Gasteiger partial charge >= 0.3 is 17.9 Å². The van der Waals surface area contributed by atoms with Gasteiger partial charge < -0.3 is 23.4 Å². The fourth-order valence-electron chi connectivity index (χ4n) is 3.02. The second kappa shape index (κ2) is 9.66. The second-order valence-corrected chi connectivity index (χ2v) is 7.57. The average Bonchev–Trinajstić information content (AvgIpc) is 3.20. The van der Waals surface area contributed by atoms with Crippen molar-refractivity contribution < 1.29 is 37.7 Å². The Hall–Kier alpha value is -3.01. The Labute approximate surface area is 177 Å². The monoisotopic (exact) mass is 435 g/mol.